The van der Waals surface area contributed by atoms with Gasteiger partial charge in [0.25, 0.3) is 0 Å². The lowest BCUT2D eigenvalue weighted by Gasteiger charge is -2.08. The summed E-state index contributed by atoms with van der Waals surface area (Å²) in [6.07, 6.45) is 4.73. The van der Waals surface area contributed by atoms with Crippen molar-refractivity contribution in [2.45, 2.75) is 32.6 Å². The van der Waals surface area contributed by atoms with Crippen molar-refractivity contribution in [2.75, 3.05) is 11.9 Å². The van der Waals surface area contributed by atoms with E-state index in [1.54, 1.807) is 12.1 Å². The van der Waals surface area contributed by atoms with E-state index in [2.05, 4.69) is 12.2 Å². The summed E-state index contributed by atoms with van der Waals surface area (Å²) in [5, 5.41) is 12.1. The molecule has 0 radical (unpaired) electrons. The summed E-state index contributed by atoms with van der Waals surface area (Å²) >= 11 is 0. The average Bonchev–Trinajstić information content (AvgIpc) is 2.29. The van der Waals surface area contributed by atoms with Crippen LogP contribution in [0.5, 0.6) is 0 Å². The minimum absolute atomic E-state index is 0.345. The van der Waals surface area contributed by atoms with Crippen molar-refractivity contribution in [3.8, 4) is 0 Å². The lowest BCUT2D eigenvalue weighted by atomic mass is 10.1. The summed E-state index contributed by atoms with van der Waals surface area (Å²) in [4.78, 5) is 10.9. The van der Waals surface area contributed by atoms with Gasteiger partial charge in [0.1, 0.15) is 0 Å². The summed E-state index contributed by atoms with van der Waals surface area (Å²) in [5.74, 6) is -0.878. The van der Waals surface area contributed by atoms with Crippen LogP contribution in [0.3, 0.4) is 0 Å². The number of benzene rings is 1. The van der Waals surface area contributed by atoms with Crippen molar-refractivity contribution >= 4 is 11.7 Å². The Morgan fingerprint density at radius 2 is 2.00 bits per heavy atom. The fraction of sp³-hybridized carbons (Fsp3) is 0.462. The molecule has 0 aliphatic rings. The van der Waals surface area contributed by atoms with Gasteiger partial charge in [0.05, 0.1) is 5.56 Å². The van der Waals surface area contributed by atoms with Crippen LogP contribution in [-0.4, -0.2) is 17.6 Å². The molecule has 0 saturated carbocycles. The van der Waals surface area contributed by atoms with Gasteiger partial charge in [-0.2, -0.15) is 0 Å². The molecular weight excluding hydrogens is 202 g/mol. The maximum atomic E-state index is 10.9. The Morgan fingerprint density at radius 3 is 2.69 bits per heavy atom. The molecule has 0 spiro atoms. The molecule has 0 saturated heterocycles. The van der Waals surface area contributed by atoms with Gasteiger partial charge in [-0.15, -0.1) is 0 Å². The van der Waals surface area contributed by atoms with E-state index < -0.39 is 5.97 Å². The Kier molecular flexibility index (Phi) is 5.40. The maximum Gasteiger partial charge on any atom is 0.337 e. The Morgan fingerprint density at radius 1 is 1.25 bits per heavy atom. The molecule has 16 heavy (non-hydrogen) atoms. The van der Waals surface area contributed by atoms with Crippen molar-refractivity contribution in [3.63, 3.8) is 0 Å². The quantitative estimate of drug-likeness (QED) is 0.694. The summed E-state index contributed by atoms with van der Waals surface area (Å²) < 4.78 is 0. The third-order valence-corrected chi connectivity index (χ3v) is 2.50. The lowest BCUT2D eigenvalue weighted by molar-refractivity contribution is 0.0698. The zero-order valence-corrected chi connectivity index (χ0v) is 9.70. The minimum atomic E-state index is -0.878. The molecule has 0 aliphatic carbocycles. The van der Waals surface area contributed by atoms with Crippen LogP contribution in [0, 0.1) is 0 Å². The molecule has 3 nitrogen and oxygen atoms in total. The fourth-order valence-electron chi connectivity index (χ4n) is 1.60. The highest BCUT2D eigenvalue weighted by Crippen LogP contribution is 2.14. The van der Waals surface area contributed by atoms with Crippen LogP contribution in [0.1, 0.15) is 43.0 Å². The highest BCUT2D eigenvalue weighted by molar-refractivity contribution is 5.94. The molecule has 0 fully saturated rings. The van der Waals surface area contributed by atoms with Gasteiger partial charge in [-0.1, -0.05) is 38.3 Å². The predicted octanol–water partition coefficient (Wildman–Crippen LogP) is 3.38. The smallest absolute Gasteiger partial charge is 0.337 e. The van der Waals surface area contributed by atoms with Gasteiger partial charge in [0, 0.05) is 12.2 Å². The van der Waals surface area contributed by atoms with E-state index in [0.29, 0.717) is 11.3 Å². The van der Waals surface area contributed by atoms with Gasteiger partial charge >= 0.3 is 5.97 Å². The molecule has 0 heterocycles. The van der Waals surface area contributed by atoms with E-state index in [-0.39, 0.29) is 0 Å². The highest BCUT2D eigenvalue weighted by Gasteiger charge is 2.07. The van der Waals surface area contributed by atoms with Crippen molar-refractivity contribution in [2.24, 2.45) is 0 Å². The second-order valence-corrected chi connectivity index (χ2v) is 3.84. The number of hydrogen-bond acceptors (Lipinski definition) is 2. The van der Waals surface area contributed by atoms with E-state index in [4.69, 9.17) is 5.11 Å². The number of aromatic carboxylic acids is 1. The van der Waals surface area contributed by atoms with E-state index in [1.165, 1.54) is 19.3 Å². The van der Waals surface area contributed by atoms with Crippen molar-refractivity contribution in [1.82, 2.24) is 0 Å². The van der Waals surface area contributed by atoms with Crippen LogP contribution in [-0.2, 0) is 0 Å². The Labute approximate surface area is 96.5 Å². The van der Waals surface area contributed by atoms with E-state index >= 15 is 0 Å². The van der Waals surface area contributed by atoms with Gasteiger partial charge < -0.3 is 10.4 Å². The third-order valence-electron chi connectivity index (χ3n) is 2.50. The predicted molar refractivity (Wildman–Crippen MR) is 66.0 cm³/mol. The molecule has 0 aromatic heterocycles. The number of carboxylic acid groups (broad SMARTS) is 1. The molecule has 0 amide bonds. The number of carboxylic acids is 1. The topological polar surface area (TPSA) is 49.3 Å². The lowest BCUT2D eigenvalue weighted by Crippen LogP contribution is -2.07. The molecule has 1 aromatic rings. The van der Waals surface area contributed by atoms with Crippen LogP contribution in [0.2, 0.25) is 0 Å². The minimum Gasteiger partial charge on any atom is -0.478 e. The Balaban J connectivity index is 2.44. The second-order valence-electron chi connectivity index (χ2n) is 3.84. The highest BCUT2D eigenvalue weighted by atomic mass is 16.4. The third kappa shape index (κ3) is 3.93. The number of unbranched alkanes of at least 4 members (excludes halogenated alkanes) is 3. The summed E-state index contributed by atoms with van der Waals surface area (Å²) in [5.41, 5.74) is 1.06. The molecule has 0 atom stereocenters. The van der Waals surface area contributed by atoms with E-state index in [9.17, 15) is 4.79 Å². The van der Waals surface area contributed by atoms with Crippen molar-refractivity contribution in [3.05, 3.63) is 29.8 Å². The number of carbonyl (C=O) groups is 1. The van der Waals surface area contributed by atoms with Crippen LogP contribution in [0.4, 0.5) is 5.69 Å². The molecule has 0 bridgehead atoms. The first kappa shape index (κ1) is 12.6. The average molecular weight is 221 g/mol. The molecule has 2 N–H and O–H groups in total. The monoisotopic (exact) mass is 221 g/mol. The first-order chi connectivity index (χ1) is 7.75. The maximum absolute atomic E-state index is 10.9. The number of para-hydroxylation sites is 1. The fourth-order valence-corrected chi connectivity index (χ4v) is 1.60. The number of anilines is 1. The molecule has 0 aliphatic heterocycles. The van der Waals surface area contributed by atoms with Gasteiger partial charge in [-0.3, -0.25) is 0 Å². The Hall–Kier alpha value is -1.51. The second kappa shape index (κ2) is 6.88. The zero-order chi connectivity index (χ0) is 11.8. The summed E-state index contributed by atoms with van der Waals surface area (Å²) in [6, 6.07) is 7.02. The van der Waals surface area contributed by atoms with Crippen LogP contribution in [0.25, 0.3) is 0 Å². The first-order valence-corrected chi connectivity index (χ1v) is 5.82. The molecule has 88 valence electrons. The van der Waals surface area contributed by atoms with Crippen LogP contribution < -0.4 is 5.32 Å². The SMILES string of the molecule is CCCCCCNc1ccccc1C(=O)O. The molecule has 1 aromatic carbocycles. The number of rotatable bonds is 7. The van der Waals surface area contributed by atoms with E-state index in [1.807, 2.05) is 12.1 Å². The van der Waals surface area contributed by atoms with Crippen LogP contribution in [0.15, 0.2) is 24.3 Å². The molecule has 1 rings (SSSR count). The van der Waals surface area contributed by atoms with Crippen LogP contribution >= 0.6 is 0 Å². The summed E-state index contributed by atoms with van der Waals surface area (Å²) in [6.45, 7) is 3.01. The summed E-state index contributed by atoms with van der Waals surface area (Å²) in [7, 11) is 0. The van der Waals surface area contributed by atoms with Crippen molar-refractivity contribution < 1.29 is 9.90 Å². The molecule has 0 unspecified atom stereocenters. The number of nitrogens with one attached hydrogen (secondary N) is 1. The zero-order valence-electron chi connectivity index (χ0n) is 9.70. The number of hydrogen-bond donors (Lipinski definition) is 2. The molecule has 3 heteroatoms. The van der Waals surface area contributed by atoms with Gasteiger partial charge in [0.15, 0.2) is 0 Å². The largest absolute Gasteiger partial charge is 0.478 e. The van der Waals surface area contributed by atoms with Gasteiger partial charge in [0.2, 0.25) is 0 Å². The van der Waals surface area contributed by atoms with E-state index in [0.717, 1.165) is 13.0 Å². The van der Waals surface area contributed by atoms with Crippen molar-refractivity contribution in [1.29, 1.82) is 0 Å². The normalized spacial score (nSPS) is 10.1. The first-order valence-electron chi connectivity index (χ1n) is 5.82. The molecular formula is C13H19NO2. The van der Waals surface area contributed by atoms with Gasteiger partial charge in [-0.05, 0) is 18.6 Å². The van der Waals surface area contributed by atoms with Gasteiger partial charge in [-0.25, -0.2) is 4.79 Å². The standard InChI is InChI=1S/C13H19NO2/c1-2-3-4-7-10-14-12-9-6-5-8-11(12)13(15)16/h5-6,8-9,14H,2-4,7,10H2,1H3,(H,15,16). The Bertz CT molecular complexity index is 336.